The topological polar surface area (TPSA) is 52.6 Å². The molecule has 0 aliphatic carbocycles. The SMILES string of the molecule is CCN(CCO)CCC(=O)NC(C)c1ccccc1. The fourth-order valence-corrected chi connectivity index (χ4v) is 1.97. The highest BCUT2D eigenvalue weighted by molar-refractivity contribution is 5.76. The first-order valence-corrected chi connectivity index (χ1v) is 6.85. The van der Waals surface area contributed by atoms with E-state index in [1.807, 2.05) is 44.2 Å². The molecule has 0 aromatic heterocycles. The van der Waals surface area contributed by atoms with Crippen LogP contribution in [-0.2, 0) is 4.79 Å². The Kier molecular flexibility index (Phi) is 7.15. The van der Waals surface area contributed by atoms with Crippen molar-refractivity contribution in [2.45, 2.75) is 26.3 Å². The minimum atomic E-state index is 0.0293. The fraction of sp³-hybridized carbons (Fsp3) is 0.533. The van der Waals surface area contributed by atoms with Crippen LogP contribution in [0.2, 0.25) is 0 Å². The molecular weight excluding hydrogens is 240 g/mol. The van der Waals surface area contributed by atoms with E-state index in [-0.39, 0.29) is 18.6 Å². The van der Waals surface area contributed by atoms with Gasteiger partial charge in [-0.25, -0.2) is 0 Å². The largest absolute Gasteiger partial charge is 0.395 e. The van der Waals surface area contributed by atoms with Crippen LogP contribution in [0.25, 0.3) is 0 Å². The zero-order chi connectivity index (χ0) is 14.1. The summed E-state index contributed by atoms with van der Waals surface area (Å²) in [6.45, 7) is 6.30. The average Bonchev–Trinajstić information content (AvgIpc) is 2.44. The summed E-state index contributed by atoms with van der Waals surface area (Å²) >= 11 is 0. The number of hydrogen-bond donors (Lipinski definition) is 2. The van der Waals surface area contributed by atoms with Gasteiger partial charge in [0, 0.05) is 19.5 Å². The van der Waals surface area contributed by atoms with E-state index in [4.69, 9.17) is 5.11 Å². The maximum atomic E-state index is 11.9. The van der Waals surface area contributed by atoms with E-state index in [1.54, 1.807) is 0 Å². The van der Waals surface area contributed by atoms with Crippen LogP contribution in [0.5, 0.6) is 0 Å². The van der Waals surface area contributed by atoms with Gasteiger partial charge in [0.2, 0.25) is 5.91 Å². The van der Waals surface area contributed by atoms with Crippen molar-refractivity contribution in [3.8, 4) is 0 Å². The Morgan fingerprint density at radius 2 is 2.00 bits per heavy atom. The molecule has 1 aromatic carbocycles. The molecule has 1 atom stereocenters. The molecule has 19 heavy (non-hydrogen) atoms. The molecule has 1 amide bonds. The number of hydrogen-bond acceptors (Lipinski definition) is 3. The predicted octanol–water partition coefficient (Wildman–Crippen LogP) is 1.57. The summed E-state index contributed by atoms with van der Waals surface area (Å²) in [5, 5.41) is 11.9. The van der Waals surface area contributed by atoms with Crippen molar-refractivity contribution in [3.05, 3.63) is 35.9 Å². The molecule has 4 heteroatoms. The van der Waals surface area contributed by atoms with Gasteiger partial charge in [-0.1, -0.05) is 37.3 Å². The zero-order valence-corrected chi connectivity index (χ0v) is 11.8. The van der Waals surface area contributed by atoms with E-state index in [0.717, 1.165) is 12.1 Å². The first kappa shape index (κ1) is 15.7. The average molecular weight is 264 g/mol. The maximum Gasteiger partial charge on any atom is 0.221 e. The Morgan fingerprint density at radius 3 is 2.58 bits per heavy atom. The quantitative estimate of drug-likeness (QED) is 0.749. The predicted molar refractivity (Wildman–Crippen MR) is 76.8 cm³/mol. The minimum Gasteiger partial charge on any atom is -0.395 e. The molecule has 0 fully saturated rings. The van der Waals surface area contributed by atoms with Gasteiger partial charge in [0.05, 0.1) is 12.6 Å². The van der Waals surface area contributed by atoms with Crippen LogP contribution in [0.1, 0.15) is 31.9 Å². The van der Waals surface area contributed by atoms with Crippen LogP contribution < -0.4 is 5.32 Å². The number of benzene rings is 1. The standard InChI is InChI=1S/C15H24N2O2/c1-3-17(11-12-18)10-9-15(19)16-13(2)14-7-5-4-6-8-14/h4-8,13,18H,3,9-12H2,1-2H3,(H,16,19). The number of nitrogens with zero attached hydrogens (tertiary/aromatic N) is 1. The van der Waals surface area contributed by atoms with Crippen molar-refractivity contribution in [2.24, 2.45) is 0 Å². The number of likely N-dealkylation sites (N-methyl/N-ethyl adjacent to an activating group) is 1. The van der Waals surface area contributed by atoms with Gasteiger partial charge in [-0.2, -0.15) is 0 Å². The van der Waals surface area contributed by atoms with E-state index in [1.165, 1.54) is 0 Å². The van der Waals surface area contributed by atoms with Crippen molar-refractivity contribution in [3.63, 3.8) is 0 Å². The summed E-state index contributed by atoms with van der Waals surface area (Å²) in [5.41, 5.74) is 1.11. The van der Waals surface area contributed by atoms with Crippen LogP contribution >= 0.6 is 0 Å². The van der Waals surface area contributed by atoms with Gasteiger partial charge in [0.25, 0.3) is 0 Å². The number of carbonyl (C=O) groups is 1. The lowest BCUT2D eigenvalue weighted by molar-refractivity contribution is -0.122. The van der Waals surface area contributed by atoms with Crippen LogP contribution in [-0.4, -0.2) is 42.2 Å². The molecule has 1 aromatic rings. The summed E-state index contributed by atoms with van der Waals surface area (Å²) in [7, 11) is 0. The third-order valence-corrected chi connectivity index (χ3v) is 3.20. The van der Waals surface area contributed by atoms with Gasteiger partial charge in [-0.05, 0) is 19.0 Å². The number of aliphatic hydroxyl groups excluding tert-OH is 1. The number of aliphatic hydroxyl groups is 1. The van der Waals surface area contributed by atoms with Gasteiger partial charge in [0.1, 0.15) is 0 Å². The molecule has 0 saturated heterocycles. The molecular formula is C15H24N2O2. The Hall–Kier alpha value is -1.39. The molecule has 1 rings (SSSR count). The summed E-state index contributed by atoms with van der Waals surface area (Å²) in [6, 6.07) is 9.95. The first-order valence-electron chi connectivity index (χ1n) is 6.85. The van der Waals surface area contributed by atoms with Gasteiger partial charge >= 0.3 is 0 Å². The third kappa shape index (κ3) is 5.85. The monoisotopic (exact) mass is 264 g/mol. The second kappa shape index (κ2) is 8.67. The van der Waals surface area contributed by atoms with Crippen LogP contribution in [0.3, 0.4) is 0 Å². The molecule has 0 radical (unpaired) electrons. The van der Waals surface area contributed by atoms with Gasteiger partial charge in [-0.3, -0.25) is 4.79 Å². The van der Waals surface area contributed by atoms with E-state index in [2.05, 4.69) is 10.2 Å². The lowest BCUT2D eigenvalue weighted by Gasteiger charge is -2.20. The van der Waals surface area contributed by atoms with Crippen molar-refractivity contribution in [2.75, 3.05) is 26.2 Å². The summed E-state index contributed by atoms with van der Waals surface area (Å²) < 4.78 is 0. The lowest BCUT2D eigenvalue weighted by atomic mass is 10.1. The van der Waals surface area contributed by atoms with Crippen LogP contribution in [0.15, 0.2) is 30.3 Å². The highest BCUT2D eigenvalue weighted by atomic mass is 16.3. The summed E-state index contributed by atoms with van der Waals surface area (Å²) in [5.74, 6) is 0.0488. The second-order valence-corrected chi connectivity index (χ2v) is 4.61. The Labute approximate surface area is 115 Å². The summed E-state index contributed by atoms with van der Waals surface area (Å²) in [4.78, 5) is 13.9. The molecule has 2 N–H and O–H groups in total. The normalized spacial score (nSPS) is 12.4. The van der Waals surface area contributed by atoms with Crippen molar-refractivity contribution in [1.29, 1.82) is 0 Å². The van der Waals surface area contributed by atoms with Gasteiger partial charge < -0.3 is 15.3 Å². The molecule has 0 aliphatic rings. The third-order valence-electron chi connectivity index (χ3n) is 3.20. The Balaban J connectivity index is 2.35. The molecule has 1 unspecified atom stereocenters. The molecule has 0 bridgehead atoms. The second-order valence-electron chi connectivity index (χ2n) is 4.61. The Morgan fingerprint density at radius 1 is 1.32 bits per heavy atom. The highest BCUT2D eigenvalue weighted by Crippen LogP contribution is 2.11. The molecule has 0 aliphatic heterocycles. The summed E-state index contributed by atoms with van der Waals surface area (Å²) in [6.07, 6.45) is 0.463. The molecule has 4 nitrogen and oxygen atoms in total. The molecule has 106 valence electrons. The first-order chi connectivity index (χ1) is 9.17. The smallest absolute Gasteiger partial charge is 0.221 e. The van der Waals surface area contributed by atoms with Crippen molar-refractivity contribution < 1.29 is 9.90 Å². The van der Waals surface area contributed by atoms with E-state index in [9.17, 15) is 4.79 Å². The highest BCUT2D eigenvalue weighted by Gasteiger charge is 2.10. The van der Waals surface area contributed by atoms with Gasteiger partial charge in [-0.15, -0.1) is 0 Å². The maximum absolute atomic E-state index is 11.9. The molecule has 0 heterocycles. The van der Waals surface area contributed by atoms with E-state index >= 15 is 0 Å². The van der Waals surface area contributed by atoms with Crippen LogP contribution in [0, 0.1) is 0 Å². The van der Waals surface area contributed by atoms with E-state index in [0.29, 0.717) is 19.5 Å². The lowest BCUT2D eigenvalue weighted by Crippen LogP contribution is -2.33. The minimum absolute atomic E-state index is 0.0293. The number of nitrogens with one attached hydrogen (secondary N) is 1. The molecule has 0 spiro atoms. The number of amides is 1. The Bertz CT molecular complexity index is 368. The number of carbonyl (C=O) groups excluding carboxylic acids is 1. The molecule has 0 saturated carbocycles. The fourth-order valence-electron chi connectivity index (χ4n) is 1.97. The zero-order valence-electron chi connectivity index (χ0n) is 11.8. The van der Waals surface area contributed by atoms with Crippen molar-refractivity contribution in [1.82, 2.24) is 10.2 Å². The van der Waals surface area contributed by atoms with Crippen molar-refractivity contribution >= 4 is 5.91 Å². The number of rotatable bonds is 8. The van der Waals surface area contributed by atoms with E-state index < -0.39 is 0 Å². The van der Waals surface area contributed by atoms with Crippen LogP contribution in [0.4, 0.5) is 0 Å². The van der Waals surface area contributed by atoms with Gasteiger partial charge in [0.15, 0.2) is 0 Å².